The Morgan fingerprint density at radius 3 is 2.54 bits per heavy atom. The van der Waals surface area contributed by atoms with Gasteiger partial charge in [-0.1, -0.05) is 36.4 Å². The molecule has 3 nitrogen and oxygen atoms in total. The van der Waals surface area contributed by atoms with E-state index in [0.717, 1.165) is 39.6 Å². The minimum absolute atomic E-state index is 0.414. The summed E-state index contributed by atoms with van der Waals surface area (Å²) in [6.45, 7) is 0.659. The SMILES string of the molecule is COc1ccc(CNc2ccc(CCl)c3cccc(C=O)c23)cc1. The molecule has 0 spiro atoms. The smallest absolute Gasteiger partial charge is 0.150 e. The number of nitrogens with one attached hydrogen (secondary N) is 1. The van der Waals surface area contributed by atoms with Gasteiger partial charge in [-0.3, -0.25) is 4.79 Å². The number of hydrogen-bond donors (Lipinski definition) is 1. The second-order valence-electron chi connectivity index (χ2n) is 5.50. The fourth-order valence-corrected chi connectivity index (χ4v) is 3.03. The average molecular weight is 340 g/mol. The van der Waals surface area contributed by atoms with Crippen molar-refractivity contribution in [3.8, 4) is 5.75 Å². The van der Waals surface area contributed by atoms with Crippen molar-refractivity contribution in [2.75, 3.05) is 12.4 Å². The number of aldehydes is 1. The number of halogens is 1. The summed E-state index contributed by atoms with van der Waals surface area (Å²) in [6.07, 6.45) is 0.888. The molecule has 0 aromatic heterocycles. The van der Waals surface area contributed by atoms with Gasteiger partial charge in [-0.25, -0.2) is 0 Å². The number of alkyl halides is 1. The molecule has 0 saturated heterocycles. The average Bonchev–Trinajstić information content (AvgIpc) is 2.65. The van der Waals surface area contributed by atoms with Crippen molar-refractivity contribution in [2.24, 2.45) is 0 Å². The summed E-state index contributed by atoms with van der Waals surface area (Å²) in [7, 11) is 1.65. The molecule has 0 aliphatic heterocycles. The molecule has 0 atom stereocenters. The Balaban J connectivity index is 1.95. The summed E-state index contributed by atoms with van der Waals surface area (Å²) in [5, 5.41) is 5.35. The van der Waals surface area contributed by atoms with Crippen LogP contribution in [0, 0.1) is 0 Å². The summed E-state index contributed by atoms with van der Waals surface area (Å²) in [4.78, 5) is 11.4. The number of hydrogen-bond acceptors (Lipinski definition) is 3. The van der Waals surface area contributed by atoms with Crippen molar-refractivity contribution in [3.05, 3.63) is 71.3 Å². The molecule has 4 heteroatoms. The van der Waals surface area contributed by atoms with Crippen molar-refractivity contribution in [1.29, 1.82) is 0 Å². The molecule has 0 bridgehead atoms. The molecule has 0 saturated carbocycles. The predicted molar refractivity (Wildman–Crippen MR) is 99.2 cm³/mol. The zero-order valence-electron chi connectivity index (χ0n) is 13.4. The predicted octanol–water partition coefficient (Wildman–Crippen LogP) is 5.01. The van der Waals surface area contributed by atoms with Crippen LogP contribution in [0.1, 0.15) is 21.5 Å². The second-order valence-corrected chi connectivity index (χ2v) is 5.76. The quantitative estimate of drug-likeness (QED) is 0.506. The summed E-state index contributed by atoms with van der Waals surface area (Å²) in [5.41, 5.74) is 3.74. The van der Waals surface area contributed by atoms with Crippen LogP contribution in [0.5, 0.6) is 5.75 Å². The van der Waals surface area contributed by atoms with E-state index in [1.807, 2.05) is 54.6 Å². The molecule has 0 aliphatic carbocycles. The normalized spacial score (nSPS) is 10.6. The van der Waals surface area contributed by atoms with Gasteiger partial charge in [0.2, 0.25) is 0 Å². The second kappa shape index (κ2) is 7.37. The van der Waals surface area contributed by atoms with E-state index in [1.54, 1.807) is 7.11 Å². The van der Waals surface area contributed by atoms with Crippen LogP contribution in [0.25, 0.3) is 10.8 Å². The van der Waals surface area contributed by atoms with Gasteiger partial charge in [0.1, 0.15) is 5.75 Å². The Hall–Kier alpha value is -2.52. The van der Waals surface area contributed by atoms with Crippen LogP contribution in [0.4, 0.5) is 5.69 Å². The third kappa shape index (κ3) is 3.22. The van der Waals surface area contributed by atoms with E-state index in [4.69, 9.17) is 16.3 Å². The van der Waals surface area contributed by atoms with E-state index < -0.39 is 0 Å². The van der Waals surface area contributed by atoms with Gasteiger partial charge < -0.3 is 10.1 Å². The molecule has 0 unspecified atom stereocenters. The molecule has 0 heterocycles. The lowest BCUT2D eigenvalue weighted by Crippen LogP contribution is -2.02. The van der Waals surface area contributed by atoms with E-state index >= 15 is 0 Å². The van der Waals surface area contributed by atoms with Crippen molar-refractivity contribution in [3.63, 3.8) is 0 Å². The molecule has 122 valence electrons. The highest BCUT2D eigenvalue weighted by Crippen LogP contribution is 2.30. The van der Waals surface area contributed by atoms with E-state index in [1.165, 1.54) is 0 Å². The summed E-state index contributed by atoms with van der Waals surface area (Å²) in [6, 6.07) is 17.6. The molecular formula is C20H18ClNO2. The van der Waals surface area contributed by atoms with Gasteiger partial charge in [-0.05, 0) is 34.7 Å². The molecule has 0 fully saturated rings. The monoisotopic (exact) mass is 339 g/mol. The largest absolute Gasteiger partial charge is 0.497 e. The van der Waals surface area contributed by atoms with Gasteiger partial charge in [0.25, 0.3) is 0 Å². The minimum Gasteiger partial charge on any atom is -0.497 e. The van der Waals surface area contributed by atoms with Crippen molar-refractivity contribution in [1.82, 2.24) is 0 Å². The Bertz CT molecular complexity index is 859. The first kappa shape index (κ1) is 16.3. The number of carbonyl (C=O) groups excluding carboxylic acids is 1. The van der Waals surface area contributed by atoms with Crippen molar-refractivity contribution in [2.45, 2.75) is 12.4 Å². The number of rotatable bonds is 6. The topological polar surface area (TPSA) is 38.3 Å². The van der Waals surface area contributed by atoms with Crippen molar-refractivity contribution >= 4 is 34.3 Å². The highest BCUT2D eigenvalue weighted by Gasteiger charge is 2.09. The Morgan fingerprint density at radius 1 is 1.08 bits per heavy atom. The standard InChI is InChI=1S/C20H18ClNO2/c1-24-17-8-5-14(6-9-17)12-22-19-10-7-15(11-21)18-4-2-3-16(13-23)20(18)19/h2-10,13,22H,11-12H2,1H3. The van der Waals surface area contributed by atoms with Crippen LogP contribution in [0.3, 0.4) is 0 Å². The molecule has 0 aliphatic rings. The number of ether oxygens (including phenoxy) is 1. The number of methoxy groups -OCH3 is 1. The Labute approximate surface area is 146 Å². The zero-order valence-corrected chi connectivity index (χ0v) is 14.1. The third-order valence-corrected chi connectivity index (χ3v) is 4.36. The fraction of sp³-hybridized carbons (Fsp3) is 0.150. The molecule has 3 aromatic rings. The molecule has 0 radical (unpaired) electrons. The van der Waals surface area contributed by atoms with Gasteiger partial charge in [0, 0.05) is 29.1 Å². The summed E-state index contributed by atoms with van der Waals surface area (Å²) in [5.74, 6) is 1.25. The molecule has 1 N–H and O–H groups in total. The van der Waals surface area contributed by atoms with Gasteiger partial charge in [0.15, 0.2) is 6.29 Å². The first-order valence-electron chi connectivity index (χ1n) is 7.69. The zero-order chi connectivity index (χ0) is 16.9. The fourth-order valence-electron chi connectivity index (χ4n) is 2.80. The number of fused-ring (bicyclic) bond motifs is 1. The third-order valence-electron chi connectivity index (χ3n) is 4.08. The highest BCUT2D eigenvalue weighted by atomic mass is 35.5. The molecule has 24 heavy (non-hydrogen) atoms. The molecular weight excluding hydrogens is 322 g/mol. The lowest BCUT2D eigenvalue weighted by molar-refractivity contribution is 0.112. The molecule has 0 amide bonds. The van der Waals surface area contributed by atoms with Gasteiger partial charge in [0.05, 0.1) is 7.11 Å². The first-order chi connectivity index (χ1) is 11.8. The number of carbonyl (C=O) groups is 1. The van der Waals surface area contributed by atoms with Crippen LogP contribution >= 0.6 is 11.6 Å². The van der Waals surface area contributed by atoms with Gasteiger partial charge >= 0.3 is 0 Å². The lowest BCUT2D eigenvalue weighted by Gasteiger charge is -2.14. The van der Waals surface area contributed by atoms with Crippen LogP contribution in [-0.4, -0.2) is 13.4 Å². The summed E-state index contributed by atoms with van der Waals surface area (Å²) < 4.78 is 5.17. The molecule has 3 aromatic carbocycles. The van der Waals surface area contributed by atoms with Crippen LogP contribution < -0.4 is 10.1 Å². The maximum atomic E-state index is 11.4. The number of anilines is 1. The van der Waals surface area contributed by atoms with E-state index in [9.17, 15) is 4.79 Å². The van der Waals surface area contributed by atoms with Gasteiger partial charge in [-0.15, -0.1) is 11.6 Å². The first-order valence-corrected chi connectivity index (χ1v) is 8.23. The minimum atomic E-state index is 0.414. The van der Waals surface area contributed by atoms with E-state index in [2.05, 4.69) is 5.32 Å². The maximum Gasteiger partial charge on any atom is 0.150 e. The summed E-state index contributed by atoms with van der Waals surface area (Å²) >= 11 is 6.03. The van der Waals surface area contributed by atoms with E-state index in [-0.39, 0.29) is 0 Å². The van der Waals surface area contributed by atoms with E-state index in [0.29, 0.717) is 18.0 Å². The van der Waals surface area contributed by atoms with Crippen LogP contribution in [0.2, 0.25) is 0 Å². The Kier molecular flexibility index (Phi) is 5.02. The lowest BCUT2D eigenvalue weighted by atomic mass is 9.99. The van der Waals surface area contributed by atoms with Crippen LogP contribution in [-0.2, 0) is 12.4 Å². The maximum absolute atomic E-state index is 11.4. The van der Waals surface area contributed by atoms with Crippen molar-refractivity contribution < 1.29 is 9.53 Å². The number of benzene rings is 3. The highest BCUT2D eigenvalue weighted by molar-refractivity contribution is 6.18. The van der Waals surface area contributed by atoms with Crippen LogP contribution in [0.15, 0.2) is 54.6 Å². The Morgan fingerprint density at radius 2 is 1.88 bits per heavy atom. The van der Waals surface area contributed by atoms with Gasteiger partial charge in [-0.2, -0.15) is 0 Å². The molecule has 3 rings (SSSR count).